The Labute approximate surface area is 137 Å². The van der Waals surface area contributed by atoms with E-state index in [-0.39, 0.29) is 0 Å². The van der Waals surface area contributed by atoms with Gasteiger partial charge in [-0.1, -0.05) is 42.5 Å². The summed E-state index contributed by atoms with van der Waals surface area (Å²) in [4.78, 5) is 2.25. The predicted molar refractivity (Wildman–Crippen MR) is 99.4 cm³/mol. The van der Waals surface area contributed by atoms with E-state index in [1.54, 1.807) is 0 Å². The van der Waals surface area contributed by atoms with Gasteiger partial charge < -0.3 is 10.6 Å². The highest BCUT2D eigenvalue weighted by Crippen LogP contribution is 2.36. The second-order valence-corrected chi connectivity index (χ2v) is 5.38. The molecule has 0 amide bonds. The van der Waals surface area contributed by atoms with Crippen LogP contribution in [0.15, 0.2) is 91.5 Å². The lowest BCUT2D eigenvalue weighted by atomic mass is 10.1. The smallest absolute Gasteiger partial charge is 0.0496 e. The second kappa shape index (κ2) is 6.84. The monoisotopic (exact) mass is 300 g/mol. The summed E-state index contributed by atoms with van der Waals surface area (Å²) in [5, 5.41) is 0. The molecule has 2 N–H and O–H groups in total. The standard InChI is InChI=1S/C21H20N2/c1-2-8-17-9-6-7-12-21(17)23(19-10-4-3-5-11-19)20-15-13-18(22)14-16-20/h2-7,9-16H,1,8,22H2. The molecule has 0 fully saturated rings. The Morgan fingerprint density at radius 1 is 0.783 bits per heavy atom. The van der Waals surface area contributed by atoms with Crippen molar-refractivity contribution in [3.63, 3.8) is 0 Å². The molecule has 114 valence electrons. The normalized spacial score (nSPS) is 10.3. The van der Waals surface area contributed by atoms with Gasteiger partial charge in [0.05, 0.1) is 0 Å². The van der Waals surface area contributed by atoms with Gasteiger partial charge in [0.15, 0.2) is 0 Å². The van der Waals surface area contributed by atoms with Crippen LogP contribution in [0.5, 0.6) is 0 Å². The minimum atomic E-state index is 0.765. The lowest BCUT2D eigenvalue weighted by Gasteiger charge is -2.27. The maximum Gasteiger partial charge on any atom is 0.0496 e. The minimum absolute atomic E-state index is 0.765. The first-order chi connectivity index (χ1) is 11.3. The molecule has 0 atom stereocenters. The Morgan fingerprint density at radius 2 is 1.39 bits per heavy atom. The summed E-state index contributed by atoms with van der Waals surface area (Å²) < 4.78 is 0. The predicted octanol–water partition coefficient (Wildman–Crippen LogP) is 5.47. The number of benzene rings is 3. The topological polar surface area (TPSA) is 29.3 Å². The first kappa shape index (κ1) is 14.9. The van der Waals surface area contributed by atoms with E-state index in [1.165, 1.54) is 5.56 Å². The number of nitrogen functional groups attached to an aromatic ring is 1. The largest absolute Gasteiger partial charge is 0.399 e. The Balaban J connectivity index is 2.16. The highest BCUT2D eigenvalue weighted by molar-refractivity contribution is 5.79. The molecule has 0 saturated heterocycles. The average Bonchev–Trinajstić information content (AvgIpc) is 2.60. The number of hydrogen-bond donors (Lipinski definition) is 1. The van der Waals surface area contributed by atoms with E-state index >= 15 is 0 Å². The summed E-state index contributed by atoms with van der Waals surface area (Å²) in [6, 6.07) is 26.7. The number of rotatable bonds is 5. The van der Waals surface area contributed by atoms with Gasteiger partial charge in [-0.2, -0.15) is 0 Å². The van der Waals surface area contributed by atoms with Crippen molar-refractivity contribution >= 4 is 22.7 Å². The molecule has 0 bridgehead atoms. The lowest BCUT2D eigenvalue weighted by molar-refractivity contribution is 1.20. The molecule has 0 aromatic heterocycles. The van der Waals surface area contributed by atoms with Gasteiger partial charge in [0, 0.05) is 22.7 Å². The Hall–Kier alpha value is -3.00. The number of allylic oxidation sites excluding steroid dienone is 1. The minimum Gasteiger partial charge on any atom is -0.399 e. The molecule has 2 heteroatoms. The summed E-state index contributed by atoms with van der Waals surface area (Å²) in [5.74, 6) is 0. The molecule has 23 heavy (non-hydrogen) atoms. The number of nitrogens with zero attached hydrogens (tertiary/aromatic N) is 1. The van der Waals surface area contributed by atoms with Crippen molar-refractivity contribution in [1.29, 1.82) is 0 Å². The first-order valence-corrected chi connectivity index (χ1v) is 7.69. The number of anilines is 4. The van der Waals surface area contributed by atoms with Gasteiger partial charge in [-0.25, -0.2) is 0 Å². The van der Waals surface area contributed by atoms with E-state index in [2.05, 4.69) is 60.0 Å². The third-order valence-corrected chi connectivity index (χ3v) is 3.76. The summed E-state index contributed by atoms with van der Waals surface area (Å²) in [6.07, 6.45) is 2.76. The van der Waals surface area contributed by atoms with Crippen molar-refractivity contribution in [3.8, 4) is 0 Å². The summed E-state index contributed by atoms with van der Waals surface area (Å²) in [5.41, 5.74) is 11.2. The van der Waals surface area contributed by atoms with E-state index in [0.717, 1.165) is 29.2 Å². The van der Waals surface area contributed by atoms with Crippen LogP contribution in [-0.4, -0.2) is 0 Å². The third-order valence-electron chi connectivity index (χ3n) is 3.76. The van der Waals surface area contributed by atoms with Crippen LogP contribution in [0.2, 0.25) is 0 Å². The van der Waals surface area contributed by atoms with E-state index in [0.29, 0.717) is 0 Å². The molecule has 0 aliphatic heterocycles. The molecule has 0 saturated carbocycles. The van der Waals surface area contributed by atoms with Gasteiger partial charge in [0.25, 0.3) is 0 Å². The van der Waals surface area contributed by atoms with Crippen LogP contribution in [0.1, 0.15) is 5.56 Å². The molecule has 0 unspecified atom stereocenters. The van der Waals surface area contributed by atoms with Crippen LogP contribution >= 0.6 is 0 Å². The zero-order valence-electron chi connectivity index (χ0n) is 13.0. The maximum atomic E-state index is 5.85. The van der Waals surface area contributed by atoms with E-state index in [9.17, 15) is 0 Å². The van der Waals surface area contributed by atoms with Crippen LogP contribution < -0.4 is 10.6 Å². The highest BCUT2D eigenvalue weighted by Gasteiger charge is 2.14. The molecule has 2 nitrogen and oxygen atoms in total. The Kier molecular flexibility index (Phi) is 4.44. The van der Waals surface area contributed by atoms with Crippen molar-refractivity contribution in [2.75, 3.05) is 10.6 Å². The van der Waals surface area contributed by atoms with Crippen LogP contribution in [0.4, 0.5) is 22.7 Å². The lowest BCUT2D eigenvalue weighted by Crippen LogP contribution is -2.12. The molecule has 3 rings (SSSR count). The van der Waals surface area contributed by atoms with Gasteiger partial charge in [0.2, 0.25) is 0 Å². The zero-order chi connectivity index (χ0) is 16.1. The van der Waals surface area contributed by atoms with E-state index < -0.39 is 0 Å². The first-order valence-electron chi connectivity index (χ1n) is 7.69. The average molecular weight is 300 g/mol. The Bertz CT molecular complexity index is 776. The Morgan fingerprint density at radius 3 is 2.09 bits per heavy atom. The fourth-order valence-corrected chi connectivity index (χ4v) is 2.68. The summed E-state index contributed by atoms with van der Waals surface area (Å²) in [7, 11) is 0. The van der Waals surface area contributed by atoms with E-state index in [1.807, 2.05) is 36.4 Å². The van der Waals surface area contributed by atoms with Crippen LogP contribution in [0, 0.1) is 0 Å². The summed E-state index contributed by atoms with van der Waals surface area (Å²) >= 11 is 0. The molecule has 0 spiro atoms. The van der Waals surface area contributed by atoms with Gasteiger partial charge in [-0.3, -0.25) is 0 Å². The number of para-hydroxylation sites is 2. The number of nitrogens with two attached hydrogens (primary N) is 1. The van der Waals surface area contributed by atoms with Crippen molar-refractivity contribution in [1.82, 2.24) is 0 Å². The van der Waals surface area contributed by atoms with Crippen molar-refractivity contribution in [3.05, 3.63) is 97.1 Å². The number of hydrogen-bond acceptors (Lipinski definition) is 2. The summed E-state index contributed by atoms with van der Waals surface area (Å²) in [6.45, 7) is 3.88. The SMILES string of the molecule is C=CCc1ccccc1N(c1ccccc1)c1ccc(N)cc1. The van der Waals surface area contributed by atoms with Crippen LogP contribution in [-0.2, 0) is 6.42 Å². The maximum absolute atomic E-state index is 5.85. The highest BCUT2D eigenvalue weighted by atomic mass is 15.1. The molecular formula is C21H20N2. The fourth-order valence-electron chi connectivity index (χ4n) is 2.68. The molecule has 0 heterocycles. The van der Waals surface area contributed by atoms with Crippen molar-refractivity contribution in [2.45, 2.75) is 6.42 Å². The fraction of sp³-hybridized carbons (Fsp3) is 0.0476. The van der Waals surface area contributed by atoms with Crippen LogP contribution in [0.3, 0.4) is 0 Å². The molecular weight excluding hydrogens is 280 g/mol. The molecule has 0 aliphatic rings. The van der Waals surface area contributed by atoms with E-state index in [4.69, 9.17) is 5.73 Å². The second-order valence-electron chi connectivity index (χ2n) is 5.38. The molecule has 0 radical (unpaired) electrons. The van der Waals surface area contributed by atoms with Gasteiger partial charge in [-0.15, -0.1) is 6.58 Å². The van der Waals surface area contributed by atoms with Gasteiger partial charge >= 0.3 is 0 Å². The van der Waals surface area contributed by atoms with Crippen molar-refractivity contribution < 1.29 is 0 Å². The quantitative estimate of drug-likeness (QED) is 0.500. The third kappa shape index (κ3) is 3.27. The molecule has 0 aliphatic carbocycles. The van der Waals surface area contributed by atoms with Gasteiger partial charge in [-0.05, 0) is 54.4 Å². The van der Waals surface area contributed by atoms with Gasteiger partial charge in [0.1, 0.15) is 0 Å². The van der Waals surface area contributed by atoms with Crippen molar-refractivity contribution in [2.24, 2.45) is 0 Å². The molecule has 3 aromatic carbocycles. The van der Waals surface area contributed by atoms with Crippen LogP contribution in [0.25, 0.3) is 0 Å². The zero-order valence-corrected chi connectivity index (χ0v) is 13.0. The molecule has 3 aromatic rings.